The van der Waals surface area contributed by atoms with Crippen molar-refractivity contribution in [3.8, 4) is 11.3 Å². The van der Waals surface area contributed by atoms with Gasteiger partial charge in [-0.15, -0.1) is 0 Å². The van der Waals surface area contributed by atoms with Crippen LogP contribution in [-0.2, 0) is 6.54 Å². The summed E-state index contributed by atoms with van der Waals surface area (Å²) >= 11 is 0. The summed E-state index contributed by atoms with van der Waals surface area (Å²) in [6.07, 6.45) is 1.82. The van der Waals surface area contributed by atoms with Crippen LogP contribution < -0.4 is 5.32 Å². The van der Waals surface area contributed by atoms with E-state index in [0.717, 1.165) is 24.4 Å². The first-order chi connectivity index (χ1) is 9.49. The van der Waals surface area contributed by atoms with Gasteiger partial charge in [-0.1, -0.05) is 36.7 Å². The lowest BCUT2D eigenvalue weighted by atomic mass is 9.96. The van der Waals surface area contributed by atoms with Crippen molar-refractivity contribution in [3.05, 3.63) is 40.6 Å². The number of rotatable bonds is 5. The van der Waals surface area contributed by atoms with Gasteiger partial charge in [0.05, 0.1) is 6.20 Å². The summed E-state index contributed by atoms with van der Waals surface area (Å²) < 4.78 is 5.52. The highest BCUT2D eigenvalue weighted by Gasteiger charge is 2.15. The lowest BCUT2D eigenvalue weighted by Crippen LogP contribution is -2.19. The molecule has 0 bridgehead atoms. The lowest BCUT2D eigenvalue weighted by Gasteiger charge is -2.11. The van der Waals surface area contributed by atoms with Gasteiger partial charge in [-0.2, -0.15) is 0 Å². The first-order valence-corrected chi connectivity index (χ1v) is 7.21. The lowest BCUT2D eigenvalue weighted by molar-refractivity contribution is 0.430. The Kier molecular flexibility index (Phi) is 4.61. The van der Waals surface area contributed by atoms with E-state index in [1.165, 1.54) is 22.3 Å². The smallest absolute Gasteiger partial charge is 0.171 e. The first-order valence-electron chi connectivity index (χ1n) is 7.21. The summed E-state index contributed by atoms with van der Waals surface area (Å²) in [6.45, 7) is 12.6. The van der Waals surface area contributed by atoms with Crippen LogP contribution in [0.2, 0.25) is 0 Å². The summed E-state index contributed by atoms with van der Waals surface area (Å²) in [6, 6.07) is 4.38. The molecule has 1 heterocycles. The fourth-order valence-electron chi connectivity index (χ4n) is 2.63. The van der Waals surface area contributed by atoms with Gasteiger partial charge in [-0.25, -0.2) is 0 Å². The predicted molar refractivity (Wildman–Crippen MR) is 82.7 cm³/mol. The molecule has 0 amide bonds. The van der Waals surface area contributed by atoms with Crippen LogP contribution in [0.3, 0.4) is 0 Å². The first kappa shape index (κ1) is 14.8. The third-order valence-corrected chi connectivity index (χ3v) is 3.42. The maximum atomic E-state index is 5.52. The number of nitrogens with zero attached hydrogens (tertiary/aromatic N) is 1. The van der Waals surface area contributed by atoms with Crippen LogP contribution in [0.4, 0.5) is 0 Å². The summed E-state index contributed by atoms with van der Waals surface area (Å²) in [7, 11) is 0. The van der Waals surface area contributed by atoms with Gasteiger partial charge in [0.2, 0.25) is 0 Å². The Morgan fingerprint density at radius 1 is 1.15 bits per heavy atom. The number of aromatic nitrogens is 1. The summed E-state index contributed by atoms with van der Waals surface area (Å²) in [5.74, 6) is 1.54. The highest BCUT2D eigenvalue weighted by molar-refractivity contribution is 5.69. The molecule has 1 aromatic carbocycles. The fourth-order valence-corrected chi connectivity index (χ4v) is 2.63. The van der Waals surface area contributed by atoms with Crippen LogP contribution in [0.1, 0.15) is 36.1 Å². The normalized spacial score (nSPS) is 11.3. The van der Waals surface area contributed by atoms with Gasteiger partial charge in [0, 0.05) is 17.7 Å². The van der Waals surface area contributed by atoms with Crippen molar-refractivity contribution >= 4 is 0 Å². The molecular formula is C17H24N2O. The van der Waals surface area contributed by atoms with Gasteiger partial charge >= 0.3 is 0 Å². The monoisotopic (exact) mass is 272 g/mol. The maximum absolute atomic E-state index is 5.52. The van der Waals surface area contributed by atoms with Gasteiger partial charge in [-0.05, 0) is 44.4 Å². The summed E-state index contributed by atoms with van der Waals surface area (Å²) in [5, 5.41) is 7.43. The van der Waals surface area contributed by atoms with Crippen molar-refractivity contribution in [2.75, 3.05) is 6.54 Å². The molecule has 0 aliphatic heterocycles. The number of aryl methyl sites for hydroxylation is 3. The van der Waals surface area contributed by atoms with Crippen molar-refractivity contribution in [1.82, 2.24) is 10.5 Å². The van der Waals surface area contributed by atoms with Gasteiger partial charge in [-0.3, -0.25) is 0 Å². The molecule has 0 radical (unpaired) electrons. The molecule has 0 unspecified atom stereocenters. The van der Waals surface area contributed by atoms with E-state index in [-0.39, 0.29) is 0 Å². The topological polar surface area (TPSA) is 38.1 Å². The second-order valence-corrected chi connectivity index (χ2v) is 5.98. The molecular weight excluding hydrogens is 248 g/mol. The average Bonchev–Trinajstić information content (AvgIpc) is 2.75. The Labute approximate surface area is 121 Å². The van der Waals surface area contributed by atoms with Crippen LogP contribution in [0.15, 0.2) is 22.9 Å². The van der Waals surface area contributed by atoms with Crippen LogP contribution in [0, 0.1) is 26.7 Å². The van der Waals surface area contributed by atoms with Crippen molar-refractivity contribution in [1.29, 1.82) is 0 Å². The zero-order chi connectivity index (χ0) is 14.7. The van der Waals surface area contributed by atoms with E-state index in [1.807, 2.05) is 6.20 Å². The molecule has 108 valence electrons. The van der Waals surface area contributed by atoms with E-state index in [2.05, 4.69) is 57.2 Å². The van der Waals surface area contributed by atoms with E-state index in [9.17, 15) is 0 Å². The van der Waals surface area contributed by atoms with E-state index >= 15 is 0 Å². The van der Waals surface area contributed by atoms with Crippen molar-refractivity contribution in [2.45, 2.75) is 41.2 Å². The molecule has 0 atom stereocenters. The maximum Gasteiger partial charge on any atom is 0.171 e. The van der Waals surface area contributed by atoms with Gasteiger partial charge in [0.25, 0.3) is 0 Å². The third kappa shape index (κ3) is 3.28. The third-order valence-electron chi connectivity index (χ3n) is 3.42. The standard InChI is InChI=1S/C17H24N2O/c1-11(2)8-18-9-15-10-19-20-17(15)16-13(4)6-12(3)7-14(16)5/h6-7,10-11,18H,8-9H2,1-5H3. The molecule has 3 nitrogen and oxygen atoms in total. The molecule has 0 saturated carbocycles. The van der Waals surface area contributed by atoms with Crippen molar-refractivity contribution in [2.24, 2.45) is 5.92 Å². The minimum Gasteiger partial charge on any atom is -0.356 e. The summed E-state index contributed by atoms with van der Waals surface area (Å²) in [5.41, 5.74) is 6.06. The predicted octanol–water partition coefficient (Wildman–Crippen LogP) is 4.01. The Morgan fingerprint density at radius 3 is 2.40 bits per heavy atom. The SMILES string of the molecule is Cc1cc(C)c(-c2oncc2CNCC(C)C)c(C)c1. The number of benzene rings is 1. The highest BCUT2D eigenvalue weighted by Crippen LogP contribution is 2.30. The zero-order valence-corrected chi connectivity index (χ0v) is 13.1. The molecule has 0 aliphatic carbocycles. The van der Waals surface area contributed by atoms with Gasteiger partial charge < -0.3 is 9.84 Å². The largest absolute Gasteiger partial charge is 0.356 e. The molecule has 1 N–H and O–H groups in total. The van der Waals surface area contributed by atoms with E-state index in [0.29, 0.717) is 5.92 Å². The van der Waals surface area contributed by atoms with Crippen molar-refractivity contribution < 1.29 is 4.52 Å². The summed E-state index contributed by atoms with van der Waals surface area (Å²) in [4.78, 5) is 0. The van der Waals surface area contributed by atoms with Crippen LogP contribution in [0.5, 0.6) is 0 Å². The fraction of sp³-hybridized carbons (Fsp3) is 0.471. The van der Waals surface area contributed by atoms with Gasteiger partial charge in [0.15, 0.2) is 5.76 Å². The molecule has 0 spiro atoms. The van der Waals surface area contributed by atoms with Gasteiger partial charge in [0.1, 0.15) is 0 Å². The Morgan fingerprint density at radius 2 is 1.80 bits per heavy atom. The van der Waals surface area contributed by atoms with Crippen molar-refractivity contribution in [3.63, 3.8) is 0 Å². The molecule has 0 aliphatic rings. The molecule has 3 heteroatoms. The molecule has 1 aromatic heterocycles. The molecule has 2 rings (SSSR count). The zero-order valence-electron chi connectivity index (χ0n) is 13.1. The van der Waals surface area contributed by atoms with Crippen LogP contribution >= 0.6 is 0 Å². The minimum absolute atomic E-state index is 0.640. The second kappa shape index (κ2) is 6.23. The Balaban J connectivity index is 2.28. The van der Waals surface area contributed by atoms with E-state index < -0.39 is 0 Å². The van der Waals surface area contributed by atoms with Crippen LogP contribution in [-0.4, -0.2) is 11.7 Å². The Bertz CT molecular complexity index is 561. The van der Waals surface area contributed by atoms with E-state index in [4.69, 9.17) is 4.52 Å². The second-order valence-electron chi connectivity index (χ2n) is 5.98. The molecule has 2 aromatic rings. The highest BCUT2D eigenvalue weighted by atomic mass is 16.5. The molecule has 20 heavy (non-hydrogen) atoms. The van der Waals surface area contributed by atoms with Crippen LogP contribution in [0.25, 0.3) is 11.3 Å². The average molecular weight is 272 g/mol. The quantitative estimate of drug-likeness (QED) is 0.893. The molecule has 0 saturated heterocycles. The Hall–Kier alpha value is -1.61. The molecule has 0 fully saturated rings. The number of hydrogen-bond acceptors (Lipinski definition) is 3. The number of nitrogens with one attached hydrogen (secondary N) is 1. The minimum atomic E-state index is 0.640. The number of hydrogen-bond donors (Lipinski definition) is 1. The van der Waals surface area contributed by atoms with E-state index in [1.54, 1.807) is 0 Å².